The van der Waals surface area contributed by atoms with Crippen molar-refractivity contribution in [1.82, 2.24) is 0 Å². The maximum absolute atomic E-state index is 13.0. The molecule has 1 aliphatic heterocycles. The van der Waals surface area contributed by atoms with Crippen molar-refractivity contribution in [2.75, 3.05) is 46.6 Å². The van der Waals surface area contributed by atoms with E-state index in [1.165, 1.54) is 0 Å². The molecule has 1 aliphatic rings. The number of hydrogen-bond donors (Lipinski definition) is 4. The van der Waals surface area contributed by atoms with Crippen molar-refractivity contribution in [3.8, 4) is 0 Å². The molecular formula is C11H20F4O7. The molecule has 11 heteroatoms. The number of ether oxygens (including phenoxy) is 3. The highest BCUT2D eigenvalue weighted by atomic mass is 19.3. The van der Waals surface area contributed by atoms with Crippen molar-refractivity contribution in [3.63, 3.8) is 0 Å². The van der Waals surface area contributed by atoms with Crippen LogP contribution < -0.4 is 0 Å². The van der Waals surface area contributed by atoms with E-state index in [9.17, 15) is 22.7 Å². The predicted molar refractivity (Wildman–Crippen MR) is 63.7 cm³/mol. The van der Waals surface area contributed by atoms with Crippen molar-refractivity contribution >= 4 is 0 Å². The van der Waals surface area contributed by atoms with Gasteiger partial charge < -0.3 is 34.6 Å². The fraction of sp³-hybridized carbons (Fsp3) is 1.00. The van der Waals surface area contributed by atoms with E-state index >= 15 is 0 Å². The Bertz CT molecular complexity index is 294. The van der Waals surface area contributed by atoms with Crippen molar-refractivity contribution < 1.29 is 52.2 Å². The van der Waals surface area contributed by atoms with Crippen LogP contribution in [0.15, 0.2) is 0 Å². The third-order valence-electron chi connectivity index (χ3n) is 2.54. The summed E-state index contributed by atoms with van der Waals surface area (Å²) in [6.07, 6.45) is -6.68. The van der Waals surface area contributed by atoms with E-state index in [1.54, 1.807) is 0 Å². The molecular weight excluding hydrogens is 320 g/mol. The van der Waals surface area contributed by atoms with Gasteiger partial charge in [-0.3, -0.25) is 0 Å². The Labute approximate surface area is 124 Å². The monoisotopic (exact) mass is 340 g/mol. The Hall–Kier alpha value is -0.560. The smallest absolute Gasteiger partial charge is 0.384 e. The molecule has 134 valence electrons. The molecule has 0 bridgehead atoms. The minimum atomic E-state index is -3.79. The zero-order chi connectivity index (χ0) is 17.2. The van der Waals surface area contributed by atoms with Gasteiger partial charge in [0.1, 0.15) is 18.4 Å². The summed E-state index contributed by atoms with van der Waals surface area (Å²) >= 11 is 0. The minimum absolute atomic E-state index is 0.146. The number of aliphatic hydroxyl groups is 4. The van der Waals surface area contributed by atoms with Gasteiger partial charge >= 0.3 is 6.11 Å². The summed E-state index contributed by atoms with van der Waals surface area (Å²) in [6.45, 7) is -4.53. The zero-order valence-corrected chi connectivity index (χ0v) is 11.6. The van der Waals surface area contributed by atoms with Crippen LogP contribution >= 0.6 is 0 Å². The molecule has 1 heterocycles. The lowest BCUT2D eigenvalue weighted by Crippen LogP contribution is -2.68. The summed E-state index contributed by atoms with van der Waals surface area (Å²) in [5.41, 5.74) is -2.00. The van der Waals surface area contributed by atoms with Crippen molar-refractivity contribution in [2.24, 2.45) is 0 Å². The molecule has 3 unspecified atom stereocenters. The summed E-state index contributed by atoms with van der Waals surface area (Å²) in [6, 6.07) is 0. The molecule has 7 nitrogen and oxygen atoms in total. The highest BCUT2D eigenvalue weighted by molar-refractivity contribution is 4.99. The number of halogens is 4. The van der Waals surface area contributed by atoms with E-state index in [2.05, 4.69) is 14.2 Å². The third kappa shape index (κ3) is 6.69. The third-order valence-corrected chi connectivity index (χ3v) is 2.54. The van der Waals surface area contributed by atoms with Gasteiger partial charge in [0, 0.05) is 0 Å². The van der Waals surface area contributed by atoms with E-state index in [0.29, 0.717) is 0 Å². The average Bonchev–Trinajstić information content (AvgIpc) is 2.48. The summed E-state index contributed by atoms with van der Waals surface area (Å²) < 4.78 is 60.9. The average molecular weight is 340 g/mol. The Morgan fingerprint density at radius 1 is 1.32 bits per heavy atom. The largest absolute Gasteiger partial charge is 0.394 e. The Morgan fingerprint density at radius 2 is 1.95 bits per heavy atom. The first-order chi connectivity index (χ1) is 10.3. The van der Waals surface area contributed by atoms with Crippen molar-refractivity contribution in [2.45, 2.75) is 23.9 Å². The van der Waals surface area contributed by atoms with Crippen LogP contribution in [0.3, 0.4) is 0 Å². The fourth-order valence-corrected chi connectivity index (χ4v) is 1.38. The van der Waals surface area contributed by atoms with Crippen molar-refractivity contribution in [3.05, 3.63) is 0 Å². The minimum Gasteiger partial charge on any atom is -0.394 e. The molecule has 0 radical (unpaired) electrons. The maximum atomic E-state index is 13.0. The predicted octanol–water partition coefficient (Wildman–Crippen LogP) is -1.03. The summed E-state index contributed by atoms with van der Waals surface area (Å²) in [5, 5.41) is 34.5. The van der Waals surface area contributed by atoms with Gasteiger partial charge in [0.15, 0.2) is 13.0 Å². The van der Waals surface area contributed by atoms with Gasteiger partial charge in [-0.05, 0) is 0 Å². The second kappa shape index (κ2) is 10.3. The normalized spacial score (nSPS) is 25.9. The van der Waals surface area contributed by atoms with E-state index in [1.807, 2.05) is 0 Å². The van der Waals surface area contributed by atoms with Crippen LogP contribution in [0.25, 0.3) is 0 Å². The fourth-order valence-electron chi connectivity index (χ4n) is 1.38. The van der Waals surface area contributed by atoms with Crippen LogP contribution in [0.4, 0.5) is 17.6 Å². The number of alkyl halides is 4. The van der Waals surface area contributed by atoms with Gasteiger partial charge in [-0.2, -0.15) is 8.78 Å². The standard InChI is InChI=1S/C7H11F3O4.C4H9FO3/c8-1-2-14-7(9,10)5-6(12,3-11)4-13-5;5-3-8-2-4(7)1-6/h5,11-12H,1-4H2;4,6-7H,1-3H2. The lowest BCUT2D eigenvalue weighted by atomic mass is 9.92. The molecule has 1 saturated heterocycles. The maximum Gasteiger partial charge on any atom is 0.384 e. The number of aliphatic hydroxyl groups excluding tert-OH is 3. The quantitative estimate of drug-likeness (QED) is 0.398. The Kier molecular flexibility index (Phi) is 10.00. The Morgan fingerprint density at radius 3 is 2.32 bits per heavy atom. The molecule has 0 aliphatic carbocycles. The van der Waals surface area contributed by atoms with Crippen LogP contribution in [0, 0.1) is 0 Å². The second-order valence-electron chi connectivity index (χ2n) is 4.37. The molecule has 0 spiro atoms. The second-order valence-corrected chi connectivity index (χ2v) is 4.37. The number of hydrogen-bond acceptors (Lipinski definition) is 7. The van der Waals surface area contributed by atoms with Crippen LogP contribution in [-0.2, 0) is 14.2 Å². The molecule has 1 fully saturated rings. The molecule has 3 atom stereocenters. The van der Waals surface area contributed by atoms with Crippen LogP contribution in [0.5, 0.6) is 0 Å². The molecule has 0 amide bonds. The van der Waals surface area contributed by atoms with E-state index in [0.717, 1.165) is 0 Å². The van der Waals surface area contributed by atoms with Crippen LogP contribution in [0.2, 0.25) is 0 Å². The summed E-state index contributed by atoms with van der Waals surface area (Å²) in [5.74, 6) is 0. The zero-order valence-electron chi connectivity index (χ0n) is 11.6. The van der Waals surface area contributed by atoms with Gasteiger partial charge in [0.2, 0.25) is 0 Å². The van der Waals surface area contributed by atoms with Gasteiger partial charge in [-0.15, -0.1) is 0 Å². The SMILES string of the molecule is OCC(O)COCF.OCC1(O)COC1C(F)(F)OCCF. The summed E-state index contributed by atoms with van der Waals surface area (Å²) in [4.78, 5) is 0. The first-order valence-electron chi connectivity index (χ1n) is 6.22. The van der Waals surface area contributed by atoms with Gasteiger partial charge in [0.25, 0.3) is 0 Å². The molecule has 0 aromatic rings. The van der Waals surface area contributed by atoms with E-state index < -0.39 is 50.7 Å². The first kappa shape index (κ1) is 21.4. The van der Waals surface area contributed by atoms with Gasteiger partial charge in [0.05, 0.1) is 33.0 Å². The molecule has 1 rings (SSSR count). The van der Waals surface area contributed by atoms with E-state index in [4.69, 9.17) is 15.3 Å². The first-order valence-corrected chi connectivity index (χ1v) is 6.22. The van der Waals surface area contributed by atoms with Crippen LogP contribution in [0.1, 0.15) is 0 Å². The molecule has 0 saturated carbocycles. The summed E-state index contributed by atoms with van der Waals surface area (Å²) in [7, 11) is 0. The van der Waals surface area contributed by atoms with E-state index in [-0.39, 0.29) is 19.8 Å². The highest BCUT2D eigenvalue weighted by Gasteiger charge is 2.61. The van der Waals surface area contributed by atoms with Crippen molar-refractivity contribution in [1.29, 1.82) is 0 Å². The molecule has 22 heavy (non-hydrogen) atoms. The molecule has 0 aromatic heterocycles. The lowest BCUT2D eigenvalue weighted by Gasteiger charge is -2.46. The molecule has 4 N–H and O–H groups in total. The topological polar surface area (TPSA) is 109 Å². The van der Waals surface area contributed by atoms with Gasteiger partial charge in [-0.1, -0.05) is 0 Å². The lowest BCUT2D eigenvalue weighted by molar-refractivity contribution is -0.387. The van der Waals surface area contributed by atoms with Crippen LogP contribution in [-0.4, -0.2) is 90.9 Å². The van der Waals surface area contributed by atoms with Gasteiger partial charge in [-0.25, -0.2) is 8.78 Å². The highest BCUT2D eigenvalue weighted by Crippen LogP contribution is 2.37. The Balaban J connectivity index is 0.000000472. The number of rotatable bonds is 9. The molecule has 0 aromatic carbocycles.